The van der Waals surface area contributed by atoms with Crippen LogP contribution in [0.5, 0.6) is 0 Å². The molecule has 2 heterocycles. The Morgan fingerprint density at radius 3 is 2.38 bits per heavy atom. The maximum Gasteiger partial charge on any atom is 0.243 e. The second-order valence-corrected chi connectivity index (χ2v) is 7.20. The molecule has 1 N–H and O–H groups in total. The van der Waals surface area contributed by atoms with Gasteiger partial charge in [0.1, 0.15) is 5.69 Å². The van der Waals surface area contributed by atoms with Crippen molar-refractivity contribution in [3.05, 3.63) is 65.9 Å². The monoisotopic (exact) mass is 385 g/mol. The fourth-order valence-corrected chi connectivity index (χ4v) is 3.68. The summed E-state index contributed by atoms with van der Waals surface area (Å²) in [7, 11) is 0. The lowest BCUT2D eigenvalue weighted by Crippen LogP contribution is -2.32. The van der Waals surface area contributed by atoms with Crippen LogP contribution in [0.3, 0.4) is 0 Å². The third-order valence-corrected chi connectivity index (χ3v) is 5.20. The molecule has 1 aliphatic rings. The number of carbonyl (C=O) groups excluding carboxylic acids is 1. The van der Waals surface area contributed by atoms with Gasteiger partial charge < -0.3 is 10.2 Å². The van der Waals surface area contributed by atoms with Crippen molar-refractivity contribution in [3.8, 4) is 6.07 Å². The topological polar surface area (TPSA) is 81.9 Å². The van der Waals surface area contributed by atoms with E-state index in [1.54, 1.807) is 0 Å². The van der Waals surface area contributed by atoms with Gasteiger partial charge >= 0.3 is 0 Å². The Morgan fingerprint density at radius 1 is 1.03 bits per heavy atom. The van der Waals surface area contributed by atoms with Gasteiger partial charge in [0.25, 0.3) is 0 Å². The molecule has 6 heteroatoms. The Kier molecular flexibility index (Phi) is 5.66. The molecular weight excluding hydrogens is 362 g/mol. The standard InChI is InChI=1S/C23H23N5O/c24-16-18(23(29)25-13-12-17-8-2-1-3-9-17)21-22(28-14-6-7-15-28)27-20-11-5-4-10-19(20)26-21/h1-5,8-11,18H,6-7,12-15H2,(H,25,29)/t18-/m1/s1. The van der Waals surface area contributed by atoms with E-state index in [9.17, 15) is 10.1 Å². The van der Waals surface area contributed by atoms with Crippen molar-refractivity contribution < 1.29 is 4.79 Å². The highest BCUT2D eigenvalue weighted by molar-refractivity contribution is 5.88. The lowest BCUT2D eigenvalue weighted by molar-refractivity contribution is -0.121. The summed E-state index contributed by atoms with van der Waals surface area (Å²) in [5.74, 6) is -0.655. The van der Waals surface area contributed by atoms with Gasteiger partial charge in [0, 0.05) is 19.6 Å². The largest absolute Gasteiger partial charge is 0.355 e. The van der Waals surface area contributed by atoms with Crippen LogP contribution in [0.15, 0.2) is 54.6 Å². The normalized spacial score (nSPS) is 14.5. The van der Waals surface area contributed by atoms with E-state index >= 15 is 0 Å². The van der Waals surface area contributed by atoms with E-state index in [4.69, 9.17) is 9.97 Å². The van der Waals surface area contributed by atoms with Crippen LogP contribution in [0, 0.1) is 11.3 Å². The van der Waals surface area contributed by atoms with Crippen LogP contribution >= 0.6 is 0 Å². The first kappa shape index (κ1) is 18.9. The number of aromatic nitrogens is 2. The van der Waals surface area contributed by atoms with E-state index in [2.05, 4.69) is 16.3 Å². The van der Waals surface area contributed by atoms with Gasteiger partial charge in [0.2, 0.25) is 5.91 Å². The Hall–Kier alpha value is -3.46. The quantitative estimate of drug-likeness (QED) is 0.705. The molecule has 0 radical (unpaired) electrons. The number of nitrogens with one attached hydrogen (secondary N) is 1. The Labute approximate surface area is 170 Å². The molecule has 0 aliphatic carbocycles. The maximum atomic E-state index is 12.8. The molecular formula is C23H23N5O. The number of para-hydroxylation sites is 2. The van der Waals surface area contributed by atoms with Crippen molar-refractivity contribution in [1.82, 2.24) is 15.3 Å². The van der Waals surface area contributed by atoms with E-state index in [1.807, 2.05) is 54.6 Å². The second-order valence-electron chi connectivity index (χ2n) is 7.20. The molecule has 3 aromatic rings. The summed E-state index contributed by atoms with van der Waals surface area (Å²) in [6.07, 6.45) is 2.87. The predicted octanol–water partition coefficient (Wildman–Crippen LogP) is 3.20. The van der Waals surface area contributed by atoms with E-state index in [-0.39, 0.29) is 5.91 Å². The van der Waals surface area contributed by atoms with Crippen molar-refractivity contribution in [3.63, 3.8) is 0 Å². The van der Waals surface area contributed by atoms with Crippen molar-refractivity contribution in [2.45, 2.75) is 25.2 Å². The summed E-state index contributed by atoms with van der Waals surface area (Å²) in [5.41, 5.74) is 3.07. The van der Waals surface area contributed by atoms with Crippen molar-refractivity contribution >= 4 is 22.8 Å². The number of fused-ring (bicyclic) bond motifs is 1. The molecule has 1 fully saturated rings. The number of nitrogens with zero attached hydrogens (tertiary/aromatic N) is 4. The first-order valence-electron chi connectivity index (χ1n) is 9.99. The van der Waals surface area contributed by atoms with Crippen molar-refractivity contribution in [1.29, 1.82) is 5.26 Å². The van der Waals surface area contributed by atoms with Gasteiger partial charge in [0.05, 0.1) is 17.1 Å². The van der Waals surface area contributed by atoms with Crippen LogP contribution in [-0.4, -0.2) is 35.5 Å². The molecule has 2 aromatic carbocycles. The van der Waals surface area contributed by atoms with Crippen molar-refractivity contribution in [2.75, 3.05) is 24.5 Å². The number of amides is 1. The molecule has 29 heavy (non-hydrogen) atoms. The van der Waals surface area contributed by atoms with E-state index in [1.165, 1.54) is 0 Å². The Bertz CT molecular complexity index is 1040. The minimum absolute atomic E-state index is 0.326. The molecule has 146 valence electrons. The molecule has 0 spiro atoms. The van der Waals surface area contributed by atoms with Crippen LogP contribution in [-0.2, 0) is 11.2 Å². The van der Waals surface area contributed by atoms with Gasteiger partial charge in [-0.05, 0) is 37.0 Å². The molecule has 1 amide bonds. The fourth-order valence-electron chi connectivity index (χ4n) is 3.68. The predicted molar refractivity (Wildman–Crippen MR) is 112 cm³/mol. The number of hydrogen-bond donors (Lipinski definition) is 1. The summed E-state index contributed by atoms with van der Waals surface area (Å²) in [6, 6.07) is 19.7. The first-order valence-corrected chi connectivity index (χ1v) is 9.99. The van der Waals surface area contributed by atoms with Crippen LogP contribution in [0.2, 0.25) is 0 Å². The highest BCUT2D eigenvalue weighted by atomic mass is 16.1. The molecule has 0 saturated carbocycles. The second kappa shape index (κ2) is 8.70. The number of benzene rings is 2. The van der Waals surface area contributed by atoms with Gasteiger partial charge in [-0.1, -0.05) is 42.5 Å². The number of nitriles is 1. The summed E-state index contributed by atoms with van der Waals surface area (Å²) in [6.45, 7) is 2.21. The number of hydrogen-bond acceptors (Lipinski definition) is 5. The van der Waals surface area contributed by atoms with Crippen molar-refractivity contribution in [2.24, 2.45) is 0 Å². The highest BCUT2D eigenvalue weighted by Gasteiger charge is 2.29. The Balaban J connectivity index is 1.59. The zero-order valence-electron chi connectivity index (χ0n) is 16.2. The molecule has 1 aromatic heterocycles. The Morgan fingerprint density at radius 2 is 1.69 bits per heavy atom. The van der Waals surface area contributed by atoms with E-state index < -0.39 is 5.92 Å². The molecule has 6 nitrogen and oxygen atoms in total. The van der Waals surface area contributed by atoms with Gasteiger partial charge in [0.15, 0.2) is 11.7 Å². The fraction of sp³-hybridized carbons (Fsp3) is 0.304. The third kappa shape index (κ3) is 4.19. The van der Waals surface area contributed by atoms with Crippen LogP contribution in [0.25, 0.3) is 11.0 Å². The zero-order valence-corrected chi connectivity index (χ0v) is 16.2. The number of anilines is 1. The molecule has 0 unspecified atom stereocenters. The third-order valence-electron chi connectivity index (χ3n) is 5.20. The maximum absolute atomic E-state index is 12.8. The molecule has 1 saturated heterocycles. The molecule has 1 aliphatic heterocycles. The van der Waals surface area contributed by atoms with Gasteiger partial charge in [-0.2, -0.15) is 5.26 Å². The van der Waals surface area contributed by atoms with Crippen LogP contribution < -0.4 is 10.2 Å². The van der Waals surface area contributed by atoms with Gasteiger partial charge in [-0.25, -0.2) is 9.97 Å². The van der Waals surface area contributed by atoms with E-state index in [0.717, 1.165) is 37.0 Å². The summed E-state index contributed by atoms with van der Waals surface area (Å²) >= 11 is 0. The lowest BCUT2D eigenvalue weighted by atomic mass is 10.0. The molecule has 0 bridgehead atoms. The average Bonchev–Trinajstić information content (AvgIpc) is 3.29. The zero-order chi connectivity index (χ0) is 20.1. The van der Waals surface area contributed by atoms with Crippen LogP contribution in [0.4, 0.5) is 5.82 Å². The lowest BCUT2D eigenvalue weighted by Gasteiger charge is -2.21. The van der Waals surface area contributed by atoms with Crippen LogP contribution in [0.1, 0.15) is 30.0 Å². The number of rotatable bonds is 6. The summed E-state index contributed by atoms with van der Waals surface area (Å²) in [4.78, 5) is 24.4. The smallest absolute Gasteiger partial charge is 0.243 e. The highest BCUT2D eigenvalue weighted by Crippen LogP contribution is 2.29. The summed E-state index contributed by atoms with van der Waals surface area (Å²) in [5, 5.41) is 12.7. The average molecular weight is 385 g/mol. The molecule has 1 atom stereocenters. The molecule has 4 rings (SSSR count). The number of carbonyl (C=O) groups is 1. The van der Waals surface area contributed by atoms with Gasteiger partial charge in [-0.15, -0.1) is 0 Å². The minimum Gasteiger partial charge on any atom is -0.355 e. The minimum atomic E-state index is -0.988. The summed E-state index contributed by atoms with van der Waals surface area (Å²) < 4.78 is 0. The first-order chi connectivity index (χ1) is 14.3. The van der Waals surface area contributed by atoms with Gasteiger partial charge in [-0.3, -0.25) is 4.79 Å². The van der Waals surface area contributed by atoms with E-state index in [0.29, 0.717) is 30.0 Å². The SMILES string of the molecule is N#C[C@@H](C(=O)NCCc1ccccc1)c1nc2ccccc2nc1N1CCCC1.